The summed E-state index contributed by atoms with van der Waals surface area (Å²) in [5.41, 5.74) is 5.26. The smallest absolute Gasteiger partial charge is 0.224 e. The zero-order valence-corrected chi connectivity index (χ0v) is 13.9. The Hall–Kier alpha value is -2.76. The molecule has 0 bridgehead atoms. The minimum atomic E-state index is -0.326. The zero-order valence-electron chi connectivity index (χ0n) is 13.9. The fourth-order valence-electron chi connectivity index (χ4n) is 2.80. The summed E-state index contributed by atoms with van der Waals surface area (Å²) in [5, 5.41) is 7.21. The molecule has 5 nitrogen and oxygen atoms in total. The number of hydrogen-bond acceptors (Lipinski definition) is 3. The summed E-state index contributed by atoms with van der Waals surface area (Å²) in [7, 11) is 0. The maximum atomic E-state index is 12.9. The number of aryl methyl sites for hydroxylation is 3. The largest absolute Gasteiger partial charge is 0.326 e. The summed E-state index contributed by atoms with van der Waals surface area (Å²) < 4.78 is 14.7. The van der Waals surface area contributed by atoms with Gasteiger partial charge in [-0.05, 0) is 57.0 Å². The Bertz CT molecular complexity index is 900. The molecule has 1 aromatic carbocycles. The summed E-state index contributed by atoms with van der Waals surface area (Å²) in [6.45, 7) is 5.86. The number of halogens is 1. The van der Waals surface area contributed by atoms with E-state index in [1.807, 2.05) is 31.4 Å². The first-order valence-corrected chi connectivity index (χ1v) is 7.82. The first-order valence-electron chi connectivity index (χ1n) is 7.82. The number of rotatable bonds is 4. The molecule has 0 saturated heterocycles. The molecule has 0 spiro atoms. The van der Waals surface area contributed by atoms with Crippen molar-refractivity contribution in [3.05, 3.63) is 58.8 Å². The molecule has 124 valence electrons. The summed E-state index contributed by atoms with van der Waals surface area (Å²) in [4.78, 5) is 16.7. The average molecular weight is 326 g/mol. The SMILES string of the molecule is Cc1cc2nc(C)c(CCC(=O)Nc3ccc(F)cc3)c(C)n2n1. The minimum absolute atomic E-state index is 0.114. The molecule has 1 amide bonds. The Morgan fingerprint density at radius 3 is 2.62 bits per heavy atom. The van der Waals surface area contributed by atoms with Gasteiger partial charge in [-0.15, -0.1) is 0 Å². The van der Waals surface area contributed by atoms with Gasteiger partial charge in [-0.1, -0.05) is 0 Å². The second kappa shape index (κ2) is 6.39. The molecule has 0 saturated carbocycles. The molecule has 0 radical (unpaired) electrons. The van der Waals surface area contributed by atoms with Crippen LogP contribution in [-0.2, 0) is 11.2 Å². The predicted molar refractivity (Wildman–Crippen MR) is 90.5 cm³/mol. The molecule has 0 atom stereocenters. The van der Waals surface area contributed by atoms with Gasteiger partial charge in [0.1, 0.15) is 5.82 Å². The molecule has 0 aliphatic carbocycles. The van der Waals surface area contributed by atoms with E-state index in [0.29, 0.717) is 18.5 Å². The van der Waals surface area contributed by atoms with E-state index in [1.165, 1.54) is 12.1 Å². The molecule has 2 aromatic heterocycles. The highest BCUT2D eigenvalue weighted by Gasteiger charge is 2.13. The van der Waals surface area contributed by atoms with Crippen molar-refractivity contribution in [1.82, 2.24) is 14.6 Å². The highest BCUT2D eigenvalue weighted by Crippen LogP contribution is 2.17. The van der Waals surface area contributed by atoms with E-state index < -0.39 is 0 Å². The lowest BCUT2D eigenvalue weighted by molar-refractivity contribution is -0.116. The second-order valence-corrected chi connectivity index (χ2v) is 5.87. The van der Waals surface area contributed by atoms with E-state index >= 15 is 0 Å². The van der Waals surface area contributed by atoms with Crippen molar-refractivity contribution in [3.8, 4) is 0 Å². The number of carbonyl (C=O) groups is 1. The van der Waals surface area contributed by atoms with Gasteiger partial charge in [-0.25, -0.2) is 13.9 Å². The Morgan fingerprint density at radius 2 is 1.92 bits per heavy atom. The van der Waals surface area contributed by atoms with E-state index in [2.05, 4.69) is 15.4 Å². The lowest BCUT2D eigenvalue weighted by atomic mass is 10.1. The third-order valence-corrected chi connectivity index (χ3v) is 4.02. The van der Waals surface area contributed by atoms with Crippen LogP contribution in [0.5, 0.6) is 0 Å². The van der Waals surface area contributed by atoms with Crippen molar-refractivity contribution >= 4 is 17.2 Å². The summed E-state index contributed by atoms with van der Waals surface area (Å²) >= 11 is 0. The van der Waals surface area contributed by atoms with Crippen LogP contribution in [0.3, 0.4) is 0 Å². The number of carbonyl (C=O) groups excluding carboxylic acids is 1. The summed E-state index contributed by atoms with van der Waals surface area (Å²) in [5.74, 6) is -0.440. The molecular weight excluding hydrogens is 307 g/mol. The third kappa shape index (κ3) is 3.27. The third-order valence-electron chi connectivity index (χ3n) is 4.02. The molecule has 0 fully saturated rings. The monoisotopic (exact) mass is 326 g/mol. The van der Waals surface area contributed by atoms with Gasteiger partial charge >= 0.3 is 0 Å². The van der Waals surface area contributed by atoms with Crippen LogP contribution in [0.4, 0.5) is 10.1 Å². The van der Waals surface area contributed by atoms with Crippen molar-refractivity contribution in [2.45, 2.75) is 33.6 Å². The van der Waals surface area contributed by atoms with Crippen LogP contribution in [0.15, 0.2) is 30.3 Å². The number of benzene rings is 1. The van der Waals surface area contributed by atoms with Crippen molar-refractivity contribution in [2.24, 2.45) is 0 Å². The first kappa shape index (κ1) is 16.1. The average Bonchev–Trinajstić information content (AvgIpc) is 2.90. The van der Waals surface area contributed by atoms with Gasteiger partial charge in [0.2, 0.25) is 5.91 Å². The molecule has 3 rings (SSSR count). The molecule has 0 unspecified atom stereocenters. The van der Waals surface area contributed by atoms with Crippen LogP contribution >= 0.6 is 0 Å². The second-order valence-electron chi connectivity index (χ2n) is 5.87. The Balaban J connectivity index is 1.73. The summed E-state index contributed by atoms with van der Waals surface area (Å²) in [6, 6.07) is 7.67. The lowest BCUT2D eigenvalue weighted by Gasteiger charge is -2.11. The van der Waals surface area contributed by atoms with Crippen LogP contribution in [-0.4, -0.2) is 20.5 Å². The zero-order chi connectivity index (χ0) is 17.3. The van der Waals surface area contributed by atoms with Gasteiger partial charge in [-0.3, -0.25) is 4.79 Å². The highest BCUT2D eigenvalue weighted by molar-refractivity contribution is 5.90. The van der Waals surface area contributed by atoms with Crippen molar-refractivity contribution in [1.29, 1.82) is 0 Å². The maximum Gasteiger partial charge on any atom is 0.224 e. The van der Waals surface area contributed by atoms with Gasteiger partial charge in [0.05, 0.1) is 5.69 Å². The fraction of sp³-hybridized carbons (Fsp3) is 0.278. The highest BCUT2D eigenvalue weighted by atomic mass is 19.1. The molecule has 3 aromatic rings. The number of amides is 1. The van der Waals surface area contributed by atoms with Gasteiger partial charge in [0.15, 0.2) is 5.65 Å². The van der Waals surface area contributed by atoms with E-state index in [9.17, 15) is 9.18 Å². The first-order chi connectivity index (χ1) is 11.4. The van der Waals surface area contributed by atoms with Crippen molar-refractivity contribution in [2.75, 3.05) is 5.32 Å². The lowest BCUT2D eigenvalue weighted by Crippen LogP contribution is -2.14. The predicted octanol–water partition coefficient (Wildman–Crippen LogP) is 3.36. The Morgan fingerprint density at radius 1 is 1.21 bits per heavy atom. The number of hydrogen-bond donors (Lipinski definition) is 1. The van der Waals surface area contributed by atoms with Crippen LogP contribution in [0.25, 0.3) is 5.65 Å². The topological polar surface area (TPSA) is 59.3 Å². The van der Waals surface area contributed by atoms with E-state index in [4.69, 9.17) is 0 Å². The fourth-order valence-corrected chi connectivity index (χ4v) is 2.80. The number of aromatic nitrogens is 3. The van der Waals surface area contributed by atoms with Crippen LogP contribution in [0.1, 0.15) is 29.1 Å². The van der Waals surface area contributed by atoms with Gasteiger partial charge < -0.3 is 5.32 Å². The molecule has 0 aliphatic heterocycles. The molecule has 24 heavy (non-hydrogen) atoms. The van der Waals surface area contributed by atoms with E-state index in [-0.39, 0.29) is 11.7 Å². The number of nitrogens with zero attached hydrogens (tertiary/aromatic N) is 3. The van der Waals surface area contributed by atoms with Crippen molar-refractivity contribution < 1.29 is 9.18 Å². The molecule has 1 N–H and O–H groups in total. The maximum absolute atomic E-state index is 12.9. The molecule has 0 aliphatic rings. The molecular formula is C18H19FN4O. The number of nitrogens with one attached hydrogen (secondary N) is 1. The van der Waals surface area contributed by atoms with E-state index in [0.717, 1.165) is 28.3 Å². The molecule has 6 heteroatoms. The normalized spacial score (nSPS) is 11.0. The van der Waals surface area contributed by atoms with Gasteiger partial charge in [-0.2, -0.15) is 5.10 Å². The Labute approximate surface area is 139 Å². The standard InChI is InChI=1S/C18H19FN4O/c1-11-10-17-20-12(2)16(13(3)23(17)22-11)8-9-18(24)21-15-6-4-14(19)5-7-15/h4-7,10H,8-9H2,1-3H3,(H,21,24). The van der Waals surface area contributed by atoms with Crippen molar-refractivity contribution in [3.63, 3.8) is 0 Å². The van der Waals surface area contributed by atoms with Gasteiger partial charge in [0, 0.05) is 29.6 Å². The van der Waals surface area contributed by atoms with Crippen LogP contribution in [0, 0.1) is 26.6 Å². The quantitative estimate of drug-likeness (QED) is 0.800. The summed E-state index contributed by atoms with van der Waals surface area (Å²) in [6.07, 6.45) is 0.902. The number of fused-ring (bicyclic) bond motifs is 1. The molecule has 2 heterocycles. The van der Waals surface area contributed by atoms with E-state index in [1.54, 1.807) is 12.1 Å². The number of anilines is 1. The van der Waals surface area contributed by atoms with Crippen LogP contribution in [0.2, 0.25) is 0 Å². The minimum Gasteiger partial charge on any atom is -0.326 e. The Kier molecular flexibility index (Phi) is 4.29. The van der Waals surface area contributed by atoms with Crippen LogP contribution < -0.4 is 5.32 Å². The van der Waals surface area contributed by atoms with Gasteiger partial charge in [0.25, 0.3) is 0 Å².